The van der Waals surface area contributed by atoms with Crippen molar-refractivity contribution in [2.24, 2.45) is 5.92 Å². The summed E-state index contributed by atoms with van der Waals surface area (Å²) < 4.78 is 6.08. The van der Waals surface area contributed by atoms with Crippen molar-refractivity contribution in [1.29, 1.82) is 0 Å². The second-order valence-electron chi connectivity index (χ2n) is 6.31. The summed E-state index contributed by atoms with van der Waals surface area (Å²) >= 11 is 2.07. The lowest BCUT2D eigenvalue weighted by molar-refractivity contribution is -0.0712. The van der Waals surface area contributed by atoms with Crippen molar-refractivity contribution in [3.8, 4) is 0 Å². The average molecular weight is 255 g/mol. The highest BCUT2D eigenvalue weighted by Gasteiger charge is 2.41. The van der Waals surface area contributed by atoms with Crippen LogP contribution in [0.4, 0.5) is 0 Å². The van der Waals surface area contributed by atoms with E-state index in [-0.39, 0.29) is 5.60 Å². The minimum absolute atomic E-state index is 0.241. The van der Waals surface area contributed by atoms with Crippen LogP contribution >= 0.6 is 11.8 Å². The summed E-state index contributed by atoms with van der Waals surface area (Å²) in [7, 11) is 0. The molecule has 98 valence electrons. The summed E-state index contributed by atoms with van der Waals surface area (Å²) in [6.07, 6.45) is 7.94. The van der Waals surface area contributed by atoms with Gasteiger partial charge in [-0.25, -0.2) is 0 Å². The molecular weight excluding hydrogens is 230 g/mol. The zero-order chi connectivity index (χ0) is 11.7. The molecule has 4 atom stereocenters. The highest BCUT2D eigenvalue weighted by molar-refractivity contribution is 7.99. The number of nitrogens with one attached hydrogen (secondary N) is 1. The second kappa shape index (κ2) is 5.10. The monoisotopic (exact) mass is 255 g/mol. The average Bonchev–Trinajstić information content (AvgIpc) is 2.89. The lowest BCUT2D eigenvalue weighted by Crippen LogP contribution is -2.49. The quantitative estimate of drug-likeness (QED) is 0.820. The molecule has 2 saturated heterocycles. The summed E-state index contributed by atoms with van der Waals surface area (Å²) in [5.74, 6) is 3.46. The standard InChI is InChI=1S/C14H25NOS/c1-11-2-3-12(8-11)15-13-4-6-16-14(9-13)5-7-17-10-14/h11-13,15H,2-10H2,1H3. The van der Waals surface area contributed by atoms with E-state index in [1.165, 1.54) is 50.0 Å². The first-order chi connectivity index (χ1) is 8.26. The summed E-state index contributed by atoms with van der Waals surface area (Å²) in [5, 5.41) is 3.91. The molecule has 2 aliphatic heterocycles. The van der Waals surface area contributed by atoms with Crippen molar-refractivity contribution in [3.63, 3.8) is 0 Å². The van der Waals surface area contributed by atoms with Gasteiger partial charge in [-0.05, 0) is 50.2 Å². The highest BCUT2D eigenvalue weighted by Crippen LogP contribution is 2.38. The Hall–Kier alpha value is 0.270. The molecule has 0 radical (unpaired) electrons. The molecule has 0 bridgehead atoms. The van der Waals surface area contributed by atoms with Crippen LogP contribution in [-0.4, -0.2) is 35.8 Å². The van der Waals surface area contributed by atoms with Crippen molar-refractivity contribution >= 4 is 11.8 Å². The van der Waals surface area contributed by atoms with Gasteiger partial charge < -0.3 is 10.1 Å². The van der Waals surface area contributed by atoms with Gasteiger partial charge in [0.2, 0.25) is 0 Å². The van der Waals surface area contributed by atoms with E-state index in [9.17, 15) is 0 Å². The molecule has 0 aromatic rings. The van der Waals surface area contributed by atoms with E-state index in [0.29, 0.717) is 0 Å². The third-order valence-corrected chi connectivity index (χ3v) is 5.95. The van der Waals surface area contributed by atoms with E-state index >= 15 is 0 Å². The van der Waals surface area contributed by atoms with Gasteiger partial charge >= 0.3 is 0 Å². The highest BCUT2D eigenvalue weighted by atomic mass is 32.2. The second-order valence-corrected chi connectivity index (χ2v) is 7.41. The van der Waals surface area contributed by atoms with Gasteiger partial charge in [-0.2, -0.15) is 11.8 Å². The maximum Gasteiger partial charge on any atom is 0.0795 e. The molecule has 17 heavy (non-hydrogen) atoms. The number of ether oxygens (including phenoxy) is 1. The van der Waals surface area contributed by atoms with Crippen LogP contribution in [-0.2, 0) is 4.74 Å². The zero-order valence-corrected chi connectivity index (χ0v) is 11.7. The Morgan fingerprint density at radius 3 is 2.88 bits per heavy atom. The molecule has 1 N–H and O–H groups in total. The molecule has 3 fully saturated rings. The molecule has 3 heteroatoms. The minimum atomic E-state index is 0.241. The number of rotatable bonds is 2. The maximum atomic E-state index is 6.08. The van der Waals surface area contributed by atoms with Crippen LogP contribution in [0.1, 0.15) is 45.4 Å². The van der Waals surface area contributed by atoms with Gasteiger partial charge in [0, 0.05) is 24.4 Å². The number of hydrogen-bond donors (Lipinski definition) is 1. The fourth-order valence-corrected chi connectivity index (χ4v) is 5.10. The van der Waals surface area contributed by atoms with Crippen molar-refractivity contribution in [2.75, 3.05) is 18.1 Å². The van der Waals surface area contributed by atoms with Crippen LogP contribution in [0.25, 0.3) is 0 Å². The van der Waals surface area contributed by atoms with Crippen LogP contribution in [0.3, 0.4) is 0 Å². The fraction of sp³-hybridized carbons (Fsp3) is 1.00. The molecule has 0 aromatic carbocycles. The van der Waals surface area contributed by atoms with Crippen LogP contribution in [0.5, 0.6) is 0 Å². The van der Waals surface area contributed by atoms with Gasteiger partial charge in [0.15, 0.2) is 0 Å². The fourth-order valence-electron chi connectivity index (χ4n) is 3.73. The zero-order valence-electron chi connectivity index (χ0n) is 10.9. The van der Waals surface area contributed by atoms with E-state index in [0.717, 1.165) is 24.6 Å². The van der Waals surface area contributed by atoms with Crippen molar-refractivity contribution in [3.05, 3.63) is 0 Å². The van der Waals surface area contributed by atoms with E-state index < -0.39 is 0 Å². The maximum absolute atomic E-state index is 6.08. The Morgan fingerprint density at radius 1 is 1.24 bits per heavy atom. The van der Waals surface area contributed by atoms with Gasteiger partial charge in [-0.1, -0.05) is 6.92 Å². The first-order valence-corrected chi connectivity index (χ1v) is 8.39. The summed E-state index contributed by atoms with van der Waals surface area (Å²) in [6.45, 7) is 3.36. The van der Waals surface area contributed by atoms with E-state index in [1.807, 2.05) is 0 Å². The lowest BCUT2D eigenvalue weighted by atomic mass is 9.89. The van der Waals surface area contributed by atoms with Gasteiger partial charge in [-0.15, -0.1) is 0 Å². The lowest BCUT2D eigenvalue weighted by Gasteiger charge is -2.39. The molecule has 0 amide bonds. The molecular formula is C14H25NOS. The SMILES string of the molecule is CC1CCC(NC2CCOC3(CCSC3)C2)C1. The molecule has 3 aliphatic rings. The van der Waals surface area contributed by atoms with Crippen LogP contribution in [0.2, 0.25) is 0 Å². The Labute approximate surface area is 109 Å². The normalized spacial score (nSPS) is 46.8. The molecule has 2 heterocycles. The molecule has 2 nitrogen and oxygen atoms in total. The molecule has 1 saturated carbocycles. The van der Waals surface area contributed by atoms with E-state index in [1.54, 1.807) is 0 Å². The largest absolute Gasteiger partial charge is 0.374 e. The predicted octanol–water partition coefficient (Wildman–Crippen LogP) is 2.82. The Balaban J connectivity index is 1.53. The Morgan fingerprint density at radius 2 is 2.18 bits per heavy atom. The summed E-state index contributed by atoms with van der Waals surface area (Å²) in [5.41, 5.74) is 0.241. The summed E-state index contributed by atoms with van der Waals surface area (Å²) in [4.78, 5) is 0. The van der Waals surface area contributed by atoms with Crippen molar-refractivity contribution in [1.82, 2.24) is 5.32 Å². The van der Waals surface area contributed by atoms with Gasteiger partial charge in [0.1, 0.15) is 0 Å². The number of hydrogen-bond acceptors (Lipinski definition) is 3. The Kier molecular flexibility index (Phi) is 3.69. The molecule has 0 aromatic heterocycles. The van der Waals surface area contributed by atoms with Crippen molar-refractivity contribution < 1.29 is 4.74 Å². The van der Waals surface area contributed by atoms with Gasteiger partial charge in [0.05, 0.1) is 5.60 Å². The van der Waals surface area contributed by atoms with Crippen molar-refractivity contribution in [2.45, 2.75) is 63.1 Å². The molecule has 1 spiro atoms. The topological polar surface area (TPSA) is 21.3 Å². The minimum Gasteiger partial charge on any atom is -0.374 e. The third-order valence-electron chi connectivity index (χ3n) is 4.73. The first-order valence-electron chi connectivity index (χ1n) is 7.24. The van der Waals surface area contributed by atoms with Crippen LogP contribution < -0.4 is 5.32 Å². The van der Waals surface area contributed by atoms with Gasteiger partial charge in [-0.3, -0.25) is 0 Å². The van der Waals surface area contributed by atoms with Crippen LogP contribution in [0, 0.1) is 5.92 Å². The predicted molar refractivity (Wildman–Crippen MR) is 73.6 cm³/mol. The molecule has 4 unspecified atom stereocenters. The third kappa shape index (κ3) is 2.82. The van der Waals surface area contributed by atoms with E-state index in [4.69, 9.17) is 4.74 Å². The first kappa shape index (κ1) is 12.3. The van der Waals surface area contributed by atoms with Gasteiger partial charge in [0.25, 0.3) is 0 Å². The molecule has 3 rings (SSSR count). The van der Waals surface area contributed by atoms with E-state index in [2.05, 4.69) is 24.0 Å². The summed E-state index contributed by atoms with van der Waals surface area (Å²) in [6, 6.07) is 1.51. The number of thioether (sulfide) groups is 1. The smallest absolute Gasteiger partial charge is 0.0795 e. The van der Waals surface area contributed by atoms with Crippen LogP contribution in [0.15, 0.2) is 0 Å². The molecule has 1 aliphatic carbocycles. The Bertz CT molecular complexity index is 265.